The number of ether oxygens (including phenoxy) is 2. The van der Waals surface area contributed by atoms with Crippen molar-refractivity contribution < 1.29 is 22.7 Å². The molecule has 0 saturated heterocycles. The molecule has 0 radical (unpaired) electrons. The van der Waals surface area contributed by atoms with E-state index in [1.807, 2.05) is 0 Å². The Kier molecular flexibility index (Phi) is 7.28. The van der Waals surface area contributed by atoms with Crippen LogP contribution in [0.4, 0.5) is 0 Å². The first-order valence-electron chi connectivity index (χ1n) is 8.86. The minimum Gasteiger partial charge on any atom is -0.497 e. The highest BCUT2D eigenvalue weighted by atomic mass is 32.2. The van der Waals surface area contributed by atoms with Crippen LogP contribution in [0.3, 0.4) is 0 Å². The zero-order chi connectivity index (χ0) is 19.2. The maximum Gasteiger partial charge on any atom is 0.251 e. The average molecular weight is 384 g/mol. The van der Waals surface area contributed by atoms with Gasteiger partial charge in [-0.2, -0.15) is 0 Å². The topological polar surface area (TPSA) is 93.7 Å². The van der Waals surface area contributed by atoms with Gasteiger partial charge in [0.1, 0.15) is 11.5 Å². The number of benzene rings is 1. The van der Waals surface area contributed by atoms with Gasteiger partial charge in [0.25, 0.3) is 5.91 Å². The molecular formula is C18H28N2O5S. The van der Waals surface area contributed by atoms with Crippen LogP contribution in [0.2, 0.25) is 0 Å². The number of sulfonamides is 1. The van der Waals surface area contributed by atoms with Gasteiger partial charge < -0.3 is 14.8 Å². The summed E-state index contributed by atoms with van der Waals surface area (Å²) in [5.74, 6) is 0.814. The van der Waals surface area contributed by atoms with Gasteiger partial charge >= 0.3 is 0 Å². The van der Waals surface area contributed by atoms with Crippen LogP contribution < -0.4 is 19.5 Å². The van der Waals surface area contributed by atoms with Gasteiger partial charge in [-0.1, -0.05) is 19.8 Å². The van der Waals surface area contributed by atoms with Crippen molar-refractivity contribution in [3.05, 3.63) is 23.8 Å². The Balaban J connectivity index is 1.89. The number of rotatable bonds is 8. The van der Waals surface area contributed by atoms with Gasteiger partial charge in [-0.15, -0.1) is 0 Å². The van der Waals surface area contributed by atoms with Crippen molar-refractivity contribution in [1.82, 2.24) is 10.0 Å². The van der Waals surface area contributed by atoms with Gasteiger partial charge in [0, 0.05) is 24.2 Å². The van der Waals surface area contributed by atoms with Gasteiger partial charge in [0.15, 0.2) is 0 Å². The molecule has 0 heterocycles. The van der Waals surface area contributed by atoms with Gasteiger partial charge in [-0.05, 0) is 30.9 Å². The van der Waals surface area contributed by atoms with Crippen molar-refractivity contribution >= 4 is 15.9 Å². The van der Waals surface area contributed by atoms with Crippen molar-refractivity contribution in [2.75, 3.05) is 26.5 Å². The van der Waals surface area contributed by atoms with Crippen LogP contribution >= 0.6 is 0 Å². The lowest BCUT2D eigenvalue weighted by molar-refractivity contribution is 0.0955. The van der Waals surface area contributed by atoms with Crippen molar-refractivity contribution in [3.63, 3.8) is 0 Å². The smallest absolute Gasteiger partial charge is 0.251 e. The molecule has 2 rings (SSSR count). The van der Waals surface area contributed by atoms with Crippen LogP contribution in [0.5, 0.6) is 11.5 Å². The number of carbonyl (C=O) groups excluding carboxylic acids is 1. The molecule has 2 atom stereocenters. The summed E-state index contributed by atoms with van der Waals surface area (Å²) in [5.41, 5.74) is 0.354. The maximum atomic E-state index is 12.3. The minimum atomic E-state index is -3.43. The Labute approximate surface area is 155 Å². The van der Waals surface area contributed by atoms with Crippen LogP contribution in [0, 0.1) is 5.92 Å². The molecule has 0 unspecified atom stereocenters. The molecule has 0 bridgehead atoms. The van der Waals surface area contributed by atoms with Gasteiger partial charge in [0.05, 0.1) is 20.0 Å². The first kappa shape index (κ1) is 20.5. The molecule has 1 aromatic rings. The number of hydrogen-bond acceptors (Lipinski definition) is 5. The summed E-state index contributed by atoms with van der Waals surface area (Å²) in [5, 5.41) is 2.64. The molecule has 1 fully saturated rings. The van der Waals surface area contributed by atoms with Gasteiger partial charge in [-0.3, -0.25) is 4.79 Å². The van der Waals surface area contributed by atoms with E-state index in [9.17, 15) is 13.2 Å². The molecule has 0 spiro atoms. The third-order valence-electron chi connectivity index (χ3n) is 4.71. The fourth-order valence-electron chi connectivity index (χ4n) is 3.12. The predicted molar refractivity (Wildman–Crippen MR) is 100 cm³/mol. The Bertz CT molecular complexity index is 698. The Morgan fingerprint density at radius 3 is 2.31 bits per heavy atom. The molecule has 146 valence electrons. The normalized spacial score (nSPS) is 20.4. The third kappa shape index (κ3) is 5.88. The number of hydrogen-bond donors (Lipinski definition) is 2. The zero-order valence-electron chi connectivity index (χ0n) is 15.6. The van der Waals surface area contributed by atoms with E-state index in [4.69, 9.17) is 9.47 Å². The molecule has 2 N–H and O–H groups in total. The van der Waals surface area contributed by atoms with Crippen molar-refractivity contribution in [1.29, 1.82) is 0 Å². The summed E-state index contributed by atoms with van der Waals surface area (Å²) in [6, 6.07) is 4.81. The fraction of sp³-hybridized carbons (Fsp3) is 0.611. The average Bonchev–Trinajstić information content (AvgIpc) is 2.62. The van der Waals surface area contributed by atoms with E-state index < -0.39 is 10.0 Å². The molecule has 0 aromatic heterocycles. The van der Waals surface area contributed by atoms with Gasteiger partial charge in [0.2, 0.25) is 10.0 Å². The molecule has 0 aliphatic heterocycles. The SMILES string of the molecule is COc1cc(OC)cc(C(=O)NCCS(=O)(=O)N[C@@H]2CCCC[C@@H]2C)c1. The molecule has 26 heavy (non-hydrogen) atoms. The second-order valence-corrected chi connectivity index (χ2v) is 8.54. The highest BCUT2D eigenvalue weighted by Crippen LogP contribution is 2.24. The molecule has 1 saturated carbocycles. The standard InChI is InChI=1S/C18H28N2O5S/c1-13-6-4-5-7-17(13)20-26(22,23)9-8-19-18(21)14-10-15(24-2)12-16(11-14)25-3/h10-13,17,20H,4-9H2,1-3H3,(H,19,21)/t13-,17+/m0/s1. The lowest BCUT2D eigenvalue weighted by Gasteiger charge is -2.29. The van der Waals surface area contributed by atoms with E-state index in [1.165, 1.54) is 14.2 Å². The molecule has 1 aromatic carbocycles. The van der Waals surface area contributed by atoms with E-state index in [-0.39, 0.29) is 24.2 Å². The van der Waals surface area contributed by atoms with Crippen LogP contribution in [-0.2, 0) is 10.0 Å². The maximum absolute atomic E-state index is 12.3. The van der Waals surface area contributed by atoms with Crippen molar-refractivity contribution in [2.24, 2.45) is 5.92 Å². The zero-order valence-corrected chi connectivity index (χ0v) is 16.4. The van der Waals surface area contributed by atoms with E-state index >= 15 is 0 Å². The van der Waals surface area contributed by atoms with Gasteiger partial charge in [-0.25, -0.2) is 13.1 Å². The summed E-state index contributed by atoms with van der Waals surface area (Å²) in [6.07, 6.45) is 4.11. The summed E-state index contributed by atoms with van der Waals surface area (Å²) < 4.78 is 37.6. The highest BCUT2D eigenvalue weighted by Gasteiger charge is 2.25. The largest absolute Gasteiger partial charge is 0.497 e. The quantitative estimate of drug-likeness (QED) is 0.714. The van der Waals surface area contributed by atoms with Crippen LogP contribution in [0.1, 0.15) is 43.0 Å². The molecule has 7 nitrogen and oxygen atoms in total. The molecule has 1 amide bonds. The number of amides is 1. The fourth-order valence-corrected chi connectivity index (χ4v) is 4.42. The molecule has 1 aliphatic rings. The number of nitrogens with one attached hydrogen (secondary N) is 2. The van der Waals surface area contributed by atoms with Crippen LogP contribution in [0.15, 0.2) is 18.2 Å². The second-order valence-electron chi connectivity index (χ2n) is 6.66. The van der Waals surface area contributed by atoms with E-state index in [2.05, 4.69) is 17.0 Å². The second kappa shape index (κ2) is 9.23. The molecular weight excluding hydrogens is 356 g/mol. The lowest BCUT2D eigenvalue weighted by atomic mass is 9.87. The highest BCUT2D eigenvalue weighted by molar-refractivity contribution is 7.89. The monoisotopic (exact) mass is 384 g/mol. The first-order chi connectivity index (χ1) is 12.3. The van der Waals surface area contributed by atoms with E-state index in [0.29, 0.717) is 23.0 Å². The first-order valence-corrected chi connectivity index (χ1v) is 10.5. The van der Waals surface area contributed by atoms with Crippen LogP contribution in [-0.4, -0.2) is 46.9 Å². The summed E-state index contributed by atoms with van der Waals surface area (Å²) in [6.45, 7) is 2.11. The van der Waals surface area contributed by atoms with E-state index in [1.54, 1.807) is 18.2 Å². The predicted octanol–water partition coefficient (Wildman–Crippen LogP) is 1.93. The summed E-state index contributed by atoms with van der Waals surface area (Å²) in [4.78, 5) is 12.3. The van der Waals surface area contributed by atoms with Crippen LogP contribution in [0.25, 0.3) is 0 Å². The summed E-state index contributed by atoms with van der Waals surface area (Å²) >= 11 is 0. The Hall–Kier alpha value is -1.80. The third-order valence-corrected chi connectivity index (χ3v) is 6.12. The number of carbonyl (C=O) groups is 1. The molecule has 8 heteroatoms. The Morgan fingerprint density at radius 2 is 1.73 bits per heavy atom. The lowest BCUT2D eigenvalue weighted by Crippen LogP contribution is -2.43. The van der Waals surface area contributed by atoms with Crippen molar-refractivity contribution in [3.8, 4) is 11.5 Å². The van der Waals surface area contributed by atoms with E-state index in [0.717, 1.165) is 25.7 Å². The minimum absolute atomic E-state index is 0.00732. The van der Waals surface area contributed by atoms with Crippen molar-refractivity contribution in [2.45, 2.75) is 38.6 Å². The number of methoxy groups -OCH3 is 2. The summed E-state index contributed by atoms with van der Waals surface area (Å²) in [7, 11) is -0.430. The molecule has 1 aliphatic carbocycles. The Morgan fingerprint density at radius 1 is 1.12 bits per heavy atom.